The Morgan fingerprint density at radius 3 is 2.63 bits per heavy atom. The quantitative estimate of drug-likeness (QED) is 0.749. The Hall–Kier alpha value is -0.610. The van der Waals surface area contributed by atoms with Crippen LogP contribution in [0.2, 0.25) is 0 Å². The van der Waals surface area contributed by atoms with Crippen molar-refractivity contribution in [3.8, 4) is 0 Å². The molecule has 4 nitrogen and oxygen atoms in total. The third-order valence-electron chi connectivity index (χ3n) is 4.27. The predicted octanol–water partition coefficient (Wildman–Crippen LogP) is 1.90. The minimum Gasteiger partial charge on any atom is -0.465 e. The third-order valence-corrected chi connectivity index (χ3v) is 4.27. The highest BCUT2D eigenvalue weighted by Crippen LogP contribution is 2.37. The predicted molar refractivity (Wildman–Crippen MR) is 78.1 cm³/mol. The second-order valence-corrected chi connectivity index (χ2v) is 6.20. The summed E-state index contributed by atoms with van der Waals surface area (Å²) in [4.78, 5) is 14.5. The molecule has 0 aromatic carbocycles. The summed E-state index contributed by atoms with van der Waals surface area (Å²) >= 11 is 0. The monoisotopic (exact) mass is 270 g/mol. The van der Waals surface area contributed by atoms with Crippen molar-refractivity contribution >= 4 is 5.97 Å². The van der Waals surface area contributed by atoms with Gasteiger partial charge in [-0.15, -0.1) is 0 Å². The van der Waals surface area contributed by atoms with Crippen molar-refractivity contribution in [2.75, 3.05) is 33.8 Å². The van der Waals surface area contributed by atoms with Gasteiger partial charge in [0.2, 0.25) is 0 Å². The van der Waals surface area contributed by atoms with Gasteiger partial charge in [0.25, 0.3) is 0 Å². The van der Waals surface area contributed by atoms with Crippen LogP contribution in [0.15, 0.2) is 0 Å². The first-order chi connectivity index (χ1) is 8.92. The molecule has 112 valence electrons. The first-order valence-electron chi connectivity index (χ1n) is 7.49. The standard InChI is InChI=1S/C15H30N2O2/c1-6-19-14(18)15(16-9-10-17(4)5)8-7-12(2)11-13(15)3/h12-13,16H,6-11H2,1-5H3. The molecule has 0 aliphatic heterocycles. The van der Waals surface area contributed by atoms with Gasteiger partial charge < -0.3 is 15.0 Å². The van der Waals surface area contributed by atoms with Crippen LogP contribution >= 0.6 is 0 Å². The van der Waals surface area contributed by atoms with Crippen LogP contribution in [0.1, 0.15) is 40.0 Å². The number of nitrogens with zero attached hydrogens (tertiary/aromatic N) is 1. The van der Waals surface area contributed by atoms with E-state index in [0.29, 0.717) is 18.4 Å². The largest absolute Gasteiger partial charge is 0.465 e. The fraction of sp³-hybridized carbons (Fsp3) is 0.933. The molecule has 0 aromatic heterocycles. The number of nitrogens with one attached hydrogen (secondary N) is 1. The van der Waals surface area contributed by atoms with E-state index in [0.717, 1.165) is 32.4 Å². The van der Waals surface area contributed by atoms with Crippen LogP contribution in [0.5, 0.6) is 0 Å². The van der Waals surface area contributed by atoms with E-state index in [1.54, 1.807) is 0 Å². The number of esters is 1. The number of hydrogen-bond acceptors (Lipinski definition) is 4. The first kappa shape index (κ1) is 16.4. The summed E-state index contributed by atoms with van der Waals surface area (Å²) in [6.07, 6.45) is 3.08. The SMILES string of the molecule is CCOC(=O)C1(NCCN(C)C)CCC(C)CC1C. The molecule has 0 spiro atoms. The Morgan fingerprint density at radius 2 is 2.11 bits per heavy atom. The van der Waals surface area contributed by atoms with Gasteiger partial charge in [0, 0.05) is 13.1 Å². The van der Waals surface area contributed by atoms with Gasteiger partial charge in [-0.05, 0) is 52.1 Å². The van der Waals surface area contributed by atoms with Crippen molar-refractivity contribution in [2.45, 2.75) is 45.6 Å². The smallest absolute Gasteiger partial charge is 0.326 e. The molecule has 1 aliphatic carbocycles. The van der Waals surface area contributed by atoms with E-state index in [2.05, 4.69) is 24.1 Å². The number of hydrogen-bond donors (Lipinski definition) is 1. The molecule has 1 N–H and O–H groups in total. The molecular formula is C15H30N2O2. The van der Waals surface area contributed by atoms with E-state index >= 15 is 0 Å². The Kier molecular flexibility index (Phi) is 6.27. The second kappa shape index (κ2) is 7.25. The minimum absolute atomic E-state index is 0.0619. The highest BCUT2D eigenvalue weighted by molar-refractivity contribution is 5.81. The first-order valence-corrected chi connectivity index (χ1v) is 7.49. The summed E-state index contributed by atoms with van der Waals surface area (Å²) in [5, 5.41) is 3.51. The number of carbonyl (C=O) groups is 1. The molecule has 0 amide bonds. The molecular weight excluding hydrogens is 240 g/mol. The van der Waals surface area contributed by atoms with Crippen LogP contribution < -0.4 is 5.32 Å². The van der Waals surface area contributed by atoms with E-state index in [1.807, 2.05) is 21.0 Å². The maximum Gasteiger partial charge on any atom is 0.326 e. The van der Waals surface area contributed by atoms with Crippen LogP contribution in [0, 0.1) is 11.8 Å². The maximum atomic E-state index is 12.4. The molecule has 3 atom stereocenters. The lowest BCUT2D eigenvalue weighted by Gasteiger charge is -2.43. The Labute approximate surface area is 117 Å². The van der Waals surface area contributed by atoms with Crippen LogP contribution in [0.4, 0.5) is 0 Å². The van der Waals surface area contributed by atoms with Crippen molar-refractivity contribution in [3.63, 3.8) is 0 Å². The van der Waals surface area contributed by atoms with Crippen LogP contribution in [0.3, 0.4) is 0 Å². The molecule has 4 heteroatoms. The lowest BCUT2D eigenvalue weighted by Crippen LogP contribution is -2.60. The zero-order valence-corrected chi connectivity index (χ0v) is 13.2. The fourth-order valence-electron chi connectivity index (χ4n) is 3.04. The molecule has 0 heterocycles. The normalized spacial score (nSPS) is 31.5. The topological polar surface area (TPSA) is 41.6 Å². The van der Waals surface area contributed by atoms with Crippen molar-refractivity contribution in [1.29, 1.82) is 0 Å². The summed E-state index contributed by atoms with van der Waals surface area (Å²) in [6.45, 7) is 8.54. The van der Waals surface area contributed by atoms with Crippen LogP contribution in [0.25, 0.3) is 0 Å². The van der Waals surface area contributed by atoms with Crippen molar-refractivity contribution < 1.29 is 9.53 Å². The van der Waals surface area contributed by atoms with Gasteiger partial charge >= 0.3 is 5.97 Å². The van der Waals surface area contributed by atoms with Gasteiger partial charge in [-0.2, -0.15) is 0 Å². The van der Waals surface area contributed by atoms with Gasteiger partial charge in [-0.3, -0.25) is 4.79 Å². The van der Waals surface area contributed by atoms with Crippen LogP contribution in [-0.2, 0) is 9.53 Å². The number of likely N-dealkylation sites (N-methyl/N-ethyl adjacent to an activating group) is 1. The molecule has 0 saturated heterocycles. The van der Waals surface area contributed by atoms with Crippen molar-refractivity contribution in [2.24, 2.45) is 11.8 Å². The number of carbonyl (C=O) groups excluding carboxylic acids is 1. The van der Waals surface area contributed by atoms with Crippen molar-refractivity contribution in [3.05, 3.63) is 0 Å². The van der Waals surface area contributed by atoms with Gasteiger partial charge in [0.15, 0.2) is 0 Å². The molecule has 1 aliphatic rings. The molecule has 3 unspecified atom stereocenters. The van der Waals surface area contributed by atoms with E-state index in [4.69, 9.17) is 4.74 Å². The van der Waals surface area contributed by atoms with Gasteiger partial charge in [-0.25, -0.2) is 0 Å². The van der Waals surface area contributed by atoms with Gasteiger partial charge in [0.1, 0.15) is 5.54 Å². The number of ether oxygens (including phenoxy) is 1. The fourth-order valence-corrected chi connectivity index (χ4v) is 3.04. The highest BCUT2D eigenvalue weighted by atomic mass is 16.5. The molecule has 1 rings (SSSR count). The Bertz CT molecular complexity index is 294. The second-order valence-electron chi connectivity index (χ2n) is 6.20. The zero-order valence-electron chi connectivity index (χ0n) is 13.2. The van der Waals surface area contributed by atoms with E-state index in [9.17, 15) is 4.79 Å². The minimum atomic E-state index is -0.474. The molecule has 0 radical (unpaired) electrons. The van der Waals surface area contributed by atoms with E-state index in [1.165, 1.54) is 0 Å². The molecule has 1 saturated carbocycles. The summed E-state index contributed by atoms with van der Waals surface area (Å²) in [5.41, 5.74) is -0.474. The Balaban J connectivity index is 2.75. The van der Waals surface area contributed by atoms with Crippen molar-refractivity contribution in [1.82, 2.24) is 10.2 Å². The maximum absolute atomic E-state index is 12.4. The Morgan fingerprint density at radius 1 is 1.42 bits per heavy atom. The lowest BCUT2D eigenvalue weighted by atomic mass is 9.70. The zero-order chi connectivity index (χ0) is 14.5. The third kappa shape index (κ3) is 4.18. The number of rotatable bonds is 6. The molecule has 0 aromatic rings. The van der Waals surface area contributed by atoms with Gasteiger partial charge in [-0.1, -0.05) is 13.8 Å². The average molecular weight is 270 g/mol. The van der Waals surface area contributed by atoms with E-state index in [-0.39, 0.29) is 5.97 Å². The average Bonchev–Trinajstić information content (AvgIpc) is 2.32. The van der Waals surface area contributed by atoms with E-state index < -0.39 is 5.54 Å². The van der Waals surface area contributed by atoms with Gasteiger partial charge in [0.05, 0.1) is 6.61 Å². The molecule has 0 bridgehead atoms. The highest BCUT2D eigenvalue weighted by Gasteiger charge is 2.47. The summed E-state index contributed by atoms with van der Waals surface area (Å²) in [7, 11) is 4.09. The summed E-state index contributed by atoms with van der Waals surface area (Å²) in [6, 6.07) is 0. The molecule has 1 fully saturated rings. The summed E-state index contributed by atoms with van der Waals surface area (Å²) in [5.74, 6) is 0.971. The lowest BCUT2D eigenvalue weighted by molar-refractivity contribution is -0.156. The van der Waals surface area contributed by atoms with Crippen LogP contribution in [-0.4, -0.2) is 50.2 Å². The molecule has 19 heavy (non-hydrogen) atoms. The summed E-state index contributed by atoms with van der Waals surface area (Å²) < 4.78 is 5.33.